The van der Waals surface area contributed by atoms with Gasteiger partial charge in [-0.3, -0.25) is 9.48 Å². The highest BCUT2D eigenvalue weighted by atomic mass is 16.1. The van der Waals surface area contributed by atoms with Crippen LogP contribution in [0.15, 0.2) is 70.9 Å². The van der Waals surface area contributed by atoms with Gasteiger partial charge in [-0.15, -0.1) is 0 Å². The Hall–Kier alpha value is -3.87. The summed E-state index contributed by atoms with van der Waals surface area (Å²) in [5, 5.41) is 16.7. The highest BCUT2D eigenvalue weighted by molar-refractivity contribution is 6.12. The number of nitrogens with zero attached hydrogens (tertiary/aromatic N) is 5. The zero-order valence-electron chi connectivity index (χ0n) is 17.4. The summed E-state index contributed by atoms with van der Waals surface area (Å²) < 4.78 is 1.75. The van der Waals surface area contributed by atoms with E-state index in [1.54, 1.807) is 4.68 Å². The molecule has 1 aliphatic carbocycles. The second-order valence-electron chi connectivity index (χ2n) is 7.81. The topological polar surface area (TPSA) is 84.5 Å². The predicted octanol–water partition coefficient (Wildman–Crippen LogP) is 5.82. The van der Waals surface area contributed by atoms with E-state index in [1.165, 1.54) is 0 Å². The summed E-state index contributed by atoms with van der Waals surface area (Å²) in [6.07, 6.45) is 2.24. The molecule has 31 heavy (non-hydrogen) atoms. The van der Waals surface area contributed by atoms with Gasteiger partial charge in [0.15, 0.2) is 5.65 Å². The number of azo groups is 1. The summed E-state index contributed by atoms with van der Waals surface area (Å²) in [5.41, 5.74) is 5.34. The largest absolute Gasteiger partial charge is 0.322 e. The molecule has 0 radical (unpaired) electrons. The van der Waals surface area contributed by atoms with Gasteiger partial charge in [0.05, 0.1) is 28.0 Å². The van der Waals surface area contributed by atoms with E-state index in [2.05, 4.69) is 20.6 Å². The Morgan fingerprint density at radius 1 is 1.03 bits per heavy atom. The SMILES string of the molecule is Cc1nn(C)c2nc(C3CC3)cc(C(=O)Nc3ccc(N=Nc4ccccc4)cc3)c12. The Labute approximate surface area is 179 Å². The molecule has 0 atom stereocenters. The summed E-state index contributed by atoms with van der Waals surface area (Å²) in [6, 6.07) is 18.8. The van der Waals surface area contributed by atoms with Crippen LogP contribution in [0.1, 0.15) is 40.5 Å². The summed E-state index contributed by atoms with van der Waals surface area (Å²) in [7, 11) is 1.86. The van der Waals surface area contributed by atoms with E-state index in [0.717, 1.165) is 41.0 Å². The third-order valence-corrected chi connectivity index (χ3v) is 5.39. The fraction of sp³-hybridized carbons (Fsp3) is 0.208. The first-order chi connectivity index (χ1) is 15.1. The number of anilines is 1. The quantitative estimate of drug-likeness (QED) is 0.421. The number of aromatic nitrogens is 3. The minimum atomic E-state index is -0.163. The maximum Gasteiger partial charge on any atom is 0.256 e. The number of aryl methyl sites for hydroxylation is 2. The number of pyridine rings is 1. The molecule has 2 aromatic carbocycles. The molecule has 4 aromatic rings. The van der Waals surface area contributed by atoms with Crippen LogP contribution < -0.4 is 5.32 Å². The van der Waals surface area contributed by atoms with Gasteiger partial charge in [0.2, 0.25) is 0 Å². The molecule has 1 amide bonds. The lowest BCUT2D eigenvalue weighted by Gasteiger charge is -2.09. The van der Waals surface area contributed by atoms with Gasteiger partial charge in [-0.05, 0) is 62.2 Å². The van der Waals surface area contributed by atoms with Gasteiger partial charge in [-0.1, -0.05) is 18.2 Å². The highest BCUT2D eigenvalue weighted by Crippen LogP contribution is 2.40. The fourth-order valence-corrected chi connectivity index (χ4v) is 3.65. The average molecular weight is 410 g/mol. The van der Waals surface area contributed by atoms with Crippen molar-refractivity contribution in [1.29, 1.82) is 0 Å². The molecule has 2 aromatic heterocycles. The summed E-state index contributed by atoms with van der Waals surface area (Å²) >= 11 is 0. The van der Waals surface area contributed by atoms with Crippen LogP contribution in [0.3, 0.4) is 0 Å². The summed E-state index contributed by atoms with van der Waals surface area (Å²) in [6.45, 7) is 1.91. The van der Waals surface area contributed by atoms with Crippen molar-refractivity contribution in [3.05, 3.63) is 77.6 Å². The van der Waals surface area contributed by atoms with Gasteiger partial charge in [0.25, 0.3) is 5.91 Å². The number of rotatable bonds is 5. The van der Waals surface area contributed by atoms with Gasteiger partial charge < -0.3 is 5.32 Å². The van der Waals surface area contributed by atoms with E-state index in [4.69, 9.17) is 4.98 Å². The summed E-state index contributed by atoms with van der Waals surface area (Å²) in [4.78, 5) is 17.9. The Bertz CT molecular complexity index is 1290. The molecule has 0 unspecified atom stereocenters. The highest BCUT2D eigenvalue weighted by Gasteiger charge is 2.28. The lowest BCUT2D eigenvalue weighted by Crippen LogP contribution is -2.13. The molecule has 5 rings (SSSR count). The van der Waals surface area contributed by atoms with Gasteiger partial charge >= 0.3 is 0 Å². The van der Waals surface area contributed by atoms with E-state index in [9.17, 15) is 4.79 Å². The maximum atomic E-state index is 13.2. The maximum absolute atomic E-state index is 13.2. The monoisotopic (exact) mass is 410 g/mol. The summed E-state index contributed by atoms with van der Waals surface area (Å²) in [5.74, 6) is 0.282. The van der Waals surface area contributed by atoms with Crippen molar-refractivity contribution in [2.45, 2.75) is 25.7 Å². The number of nitrogens with one attached hydrogen (secondary N) is 1. The number of carbonyl (C=O) groups is 1. The Morgan fingerprint density at radius 3 is 2.39 bits per heavy atom. The molecule has 0 bridgehead atoms. The molecule has 154 valence electrons. The smallest absolute Gasteiger partial charge is 0.256 e. The molecule has 7 heteroatoms. The van der Waals surface area contributed by atoms with Gasteiger partial charge in [-0.2, -0.15) is 15.3 Å². The van der Waals surface area contributed by atoms with Gasteiger partial charge in [0, 0.05) is 24.3 Å². The normalized spacial score (nSPS) is 13.7. The Kier molecular flexibility index (Phi) is 4.78. The van der Waals surface area contributed by atoms with Crippen LogP contribution in [0.4, 0.5) is 17.1 Å². The number of benzene rings is 2. The molecule has 1 N–H and O–H groups in total. The van der Waals surface area contributed by atoms with Crippen LogP contribution >= 0.6 is 0 Å². The average Bonchev–Trinajstić information content (AvgIpc) is 3.59. The molecule has 0 spiro atoms. The zero-order valence-corrected chi connectivity index (χ0v) is 17.4. The van der Waals surface area contributed by atoms with Crippen molar-refractivity contribution in [3.8, 4) is 0 Å². The van der Waals surface area contributed by atoms with Gasteiger partial charge in [0.1, 0.15) is 0 Å². The molecule has 2 heterocycles. The van der Waals surface area contributed by atoms with E-state index < -0.39 is 0 Å². The van der Waals surface area contributed by atoms with E-state index in [0.29, 0.717) is 22.9 Å². The standard InChI is InChI=1S/C24H22N6O/c1-15-22-20(14-21(16-8-9-16)26-23(22)30(2)29-15)24(31)25-17-10-12-19(13-11-17)28-27-18-6-4-3-5-7-18/h3-7,10-14,16H,8-9H2,1-2H3,(H,25,31). The minimum Gasteiger partial charge on any atom is -0.322 e. The van der Waals surface area contributed by atoms with Gasteiger partial charge in [-0.25, -0.2) is 4.98 Å². The van der Waals surface area contributed by atoms with Crippen LogP contribution in [0.25, 0.3) is 11.0 Å². The van der Waals surface area contributed by atoms with Crippen molar-refractivity contribution in [2.24, 2.45) is 17.3 Å². The van der Waals surface area contributed by atoms with Crippen LogP contribution in [-0.4, -0.2) is 20.7 Å². The second-order valence-corrected chi connectivity index (χ2v) is 7.81. The first kappa shape index (κ1) is 19.1. The number of carbonyl (C=O) groups excluding carboxylic acids is 1. The molecule has 1 fully saturated rings. The Balaban J connectivity index is 1.39. The van der Waals surface area contributed by atoms with Crippen molar-refractivity contribution >= 4 is 34.0 Å². The third-order valence-electron chi connectivity index (χ3n) is 5.39. The van der Waals surface area contributed by atoms with Crippen LogP contribution in [-0.2, 0) is 7.05 Å². The first-order valence-corrected chi connectivity index (χ1v) is 10.3. The molecule has 1 aliphatic rings. The predicted molar refractivity (Wildman–Crippen MR) is 120 cm³/mol. The molecular formula is C24H22N6O. The second kappa shape index (κ2) is 7.75. The van der Waals surface area contributed by atoms with Crippen molar-refractivity contribution in [2.75, 3.05) is 5.32 Å². The van der Waals surface area contributed by atoms with Crippen molar-refractivity contribution in [3.63, 3.8) is 0 Å². The van der Waals surface area contributed by atoms with E-state index in [1.807, 2.05) is 74.6 Å². The van der Waals surface area contributed by atoms with E-state index in [-0.39, 0.29) is 5.91 Å². The molecule has 0 saturated heterocycles. The van der Waals surface area contributed by atoms with Crippen molar-refractivity contribution in [1.82, 2.24) is 14.8 Å². The molecular weight excluding hydrogens is 388 g/mol. The van der Waals surface area contributed by atoms with Crippen LogP contribution in [0, 0.1) is 6.92 Å². The number of hydrogen-bond donors (Lipinski definition) is 1. The number of amides is 1. The lowest BCUT2D eigenvalue weighted by molar-refractivity contribution is 0.102. The van der Waals surface area contributed by atoms with Crippen LogP contribution in [0.5, 0.6) is 0 Å². The fourth-order valence-electron chi connectivity index (χ4n) is 3.65. The molecule has 1 saturated carbocycles. The van der Waals surface area contributed by atoms with Crippen LogP contribution in [0.2, 0.25) is 0 Å². The first-order valence-electron chi connectivity index (χ1n) is 10.3. The number of fused-ring (bicyclic) bond motifs is 1. The molecule has 7 nitrogen and oxygen atoms in total. The Morgan fingerprint density at radius 2 is 1.71 bits per heavy atom. The minimum absolute atomic E-state index is 0.163. The third kappa shape index (κ3) is 3.94. The zero-order chi connectivity index (χ0) is 21.4. The van der Waals surface area contributed by atoms with E-state index >= 15 is 0 Å². The molecule has 0 aliphatic heterocycles. The van der Waals surface area contributed by atoms with Crippen molar-refractivity contribution < 1.29 is 4.79 Å². The lowest BCUT2D eigenvalue weighted by atomic mass is 10.1. The number of hydrogen-bond acceptors (Lipinski definition) is 5.